The normalized spacial score (nSPS) is 17.9. The summed E-state index contributed by atoms with van der Waals surface area (Å²) in [4.78, 5) is 38.2. The van der Waals surface area contributed by atoms with Crippen molar-refractivity contribution in [3.63, 3.8) is 0 Å². The molecule has 1 atom stereocenters. The van der Waals surface area contributed by atoms with Crippen molar-refractivity contribution in [2.24, 2.45) is 7.05 Å². The first kappa shape index (κ1) is 29.8. The molecule has 1 unspecified atom stereocenters. The molecule has 2 fully saturated rings. The van der Waals surface area contributed by atoms with E-state index in [9.17, 15) is 22.8 Å². The number of benzene rings is 1. The Hall–Kier alpha value is -3.20. The number of nitrogens with zero attached hydrogens (tertiary/aromatic N) is 2. The molecule has 0 radical (unpaired) electrons. The van der Waals surface area contributed by atoms with Crippen LogP contribution >= 0.6 is 11.3 Å². The molecular weight excluding hydrogens is 555 g/mol. The maximum absolute atomic E-state index is 13.3. The molecule has 4 heterocycles. The van der Waals surface area contributed by atoms with Crippen molar-refractivity contribution in [1.29, 1.82) is 0 Å². The molecule has 3 aromatic rings. The van der Waals surface area contributed by atoms with E-state index >= 15 is 0 Å². The van der Waals surface area contributed by atoms with Crippen molar-refractivity contribution >= 4 is 44.2 Å². The minimum absolute atomic E-state index is 0.0442. The van der Waals surface area contributed by atoms with Gasteiger partial charge in [0.15, 0.2) is 5.75 Å². The molecule has 2 N–H and O–H groups in total. The lowest BCUT2D eigenvalue weighted by Crippen LogP contribution is -2.38. The van der Waals surface area contributed by atoms with Gasteiger partial charge in [-0.2, -0.15) is 13.2 Å². The van der Waals surface area contributed by atoms with E-state index in [4.69, 9.17) is 24.1 Å². The average Bonchev–Trinajstić information content (AvgIpc) is 3.59. The monoisotopic (exact) mass is 585 g/mol. The summed E-state index contributed by atoms with van der Waals surface area (Å²) >= 11 is 1.33. The highest BCUT2D eigenvalue weighted by atomic mass is 32.1. The van der Waals surface area contributed by atoms with Crippen molar-refractivity contribution in [3.8, 4) is 5.75 Å². The summed E-state index contributed by atoms with van der Waals surface area (Å²) < 4.78 is 51.4. The van der Waals surface area contributed by atoms with Gasteiger partial charge >= 0.3 is 12.1 Å². The molecule has 1 amide bonds. The number of fused-ring (bicyclic) bond motifs is 3. The number of aromatic nitrogens is 1. The summed E-state index contributed by atoms with van der Waals surface area (Å²) in [5.41, 5.74) is 0.682. The van der Waals surface area contributed by atoms with Gasteiger partial charge in [-0.25, -0.2) is 4.79 Å². The van der Waals surface area contributed by atoms with Gasteiger partial charge in [0.1, 0.15) is 16.9 Å². The molecule has 1 aromatic carbocycles. The van der Waals surface area contributed by atoms with E-state index in [1.807, 2.05) is 24.3 Å². The highest BCUT2D eigenvalue weighted by Crippen LogP contribution is 2.39. The number of amides is 1. The number of alkyl halides is 3. The second-order valence-corrected chi connectivity index (χ2v) is 10.3. The standard InChI is InChI=1S/C24H29N3O5S.C2HF3O2/c1-26-18-7-3-2-6-17(18)21-19(24(26)29)20(32-14-10-27-8-12-30-13-9-27)22(33-21)23(28)25-15-16-5-4-11-31-16;3-2(4,5)1(6)7/h2-3,6-7,16H,4-5,8-15H2,1H3,(H,25,28);(H,6,7). The van der Waals surface area contributed by atoms with Crippen molar-refractivity contribution in [2.45, 2.75) is 25.1 Å². The van der Waals surface area contributed by atoms with Crippen molar-refractivity contribution in [3.05, 3.63) is 39.5 Å². The van der Waals surface area contributed by atoms with Crippen molar-refractivity contribution in [2.75, 3.05) is 52.6 Å². The van der Waals surface area contributed by atoms with Crippen LogP contribution in [0.1, 0.15) is 22.5 Å². The van der Waals surface area contributed by atoms with Crippen LogP contribution in [0.4, 0.5) is 13.2 Å². The van der Waals surface area contributed by atoms with E-state index in [1.54, 1.807) is 11.6 Å². The van der Waals surface area contributed by atoms with Gasteiger partial charge in [-0.15, -0.1) is 11.3 Å². The number of ether oxygens (including phenoxy) is 3. The number of hydrogen-bond acceptors (Lipinski definition) is 8. The van der Waals surface area contributed by atoms with Crippen LogP contribution in [0, 0.1) is 0 Å². The minimum atomic E-state index is -5.08. The zero-order valence-corrected chi connectivity index (χ0v) is 22.6. The van der Waals surface area contributed by atoms with Gasteiger partial charge in [0.25, 0.3) is 11.5 Å². The van der Waals surface area contributed by atoms with Crippen molar-refractivity contribution < 1.29 is 42.1 Å². The third kappa shape index (κ3) is 6.92. The zero-order valence-electron chi connectivity index (χ0n) is 21.8. The number of halogens is 3. The molecule has 0 aliphatic carbocycles. The summed E-state index contributed by atoms with van der Waals surface area (Å²) in [6.07, 6.45) is -3.08. The first-order chi connectivity index (χ1) is 19.1. The van der Waals surface area contributed by atoms with Crippen LogP contribution in [-0.2, 0) is 21.3 Å². The summed E-state index contributed by atoms with van der Waals surface area (Å²) in [6, 6.07) is 7.77. The first-order valence-electron chi connectivity index (χ1n) is 12.7. The maximum Gasteiger partial charge on any atom is 0.490 e. The van der Waals surface area contributed by atoms with E-state index in [0.717, 1.165) is 48.1 Å². The molecule has 2 aromatic heterocycles. The molecule has 2 aliphatic rings. The quantitative estimate of drug-likeness (QED) is 0.435. The van der Waals surface area contributed by atoms with E-state index in [1.165, 1.54) is 11.3 Å². The molecule has 2 saturated heterocycles. The molecule has 0 bridgehead atoms. The molecule has 40 heavy (non-hydrogen) atoms. The fourth-order valence-electron chi connectivity index (χ4n) is 4.52. The number of carboxylic acids is 1. The molecule has 2 aliphatic heterocycles. The topological polar surface area (TPSA) is 119 Å². The van der Waals surface area contributed by atoms with Crippen LogP contribution in [0.25, 0.3) is 21.0 Å². The summed E-state index contributed by atoms with van der Waals surface area (Å²) in [5, 5.41) is 11.5. The first-order valence-corrected chi connectivity index (χ1v) is 13.6. The zero-order chi connectivity index (χ0) is 28.9. The van der Waals surface area contributed by atoms with Gasteiger partial charge in [-0.1, -0.05) is 18.2 Å². The van der Waals surface area contributed by atoms with Crippen LogP contribution in [-0.4, -0.2) is 91.3 Å². The Labute approximate surface area is 231 Å². The number of carbonyl (C=O) groups is 2. The SMILES string of the molecule is Cn1c(=O)c2c(OCCN3CCOCC3)c(C(=O)NCC3CCCO3)sc2c2ccccc21.O=C(O)C(F)(F)F. The summed E-state index contributed by atoms with van der Waals surface area (Å²) in [5.74, 6) is -2.59. The summed E-state index contributed by atoms with van der Waals surface area (Å²) in [7, 11) is 1.76. The number of aliphatic carboxylic acids is 1. The van der Waals surface area contributed by atoms with Gasteiger partial charge < -0.3 is 29.2 Å². The second kappa shape index (κ2) is 13.0. The Kier molecular flexibility index (Phi) is 9.66. The number of aryl methyl sites for hydroxylation is 1. The molecular formula is C26H30F3N3O7S. The number of pyridine rings is 1. The molecule has 0 spiro atoms. The predicted molar refractivity (Wildman–Crippen MR) is 142 cm³/mol. The van der Waals surface area contributed by atoms with Crippen LogP contribution in [0.2, 0.25) is 0 Å². The maximum atomic E-state index is 13.3. The third-order valence-electron chi connectivity index (χ3n) is 6.61. The number of rotatable bonds is 7. The summed E-state index contributed by atoms with van der Waals surface area (Å²) in [6.45, 7) is 5.44. The second-order valence-electron chi connectivity index (χ2n) is 9.30. The highest BCUT2D eigenvalue weighted by molar-refractivity contribution is 7.22. The number of thiophene rings is 1. The number of morpholine rings is 1. The number of carbonyl (C=O) groups excluding carboxylic acids is 1. The Balaban J connectivity index is 0.000000470. The molecule has 14 heteroatoms. The Morgan fingerprint density at radius 2 is 1.90 bits per heavy atom. The van der Waals surface area contributed by atoms with E-state index in [-0.39, 0.29) is 17.6 Å². The van der Waals surface area contributed by atoms with Crippen LogP contribution in [0.3, 0.4) is 0 Å². The minimum Gasteiger partial charge on any atom is -0.490 e. The fourth-order valence-corrected chi connectivity index (χ4v) is 5.70. The van der Waals surface area contributed by atoms with Crippen LogP contribution in [0.15, 0.2) is 29.1 Å². The fraction of sp³-hybridized carbons (Fsp3) is 0.500. The van der Waals surface area contributed by atoms with Gasteiger partial charge in [0, 0.05) is 45.2 Å². The Morgan fingerprint density at radius 1 is 1.20 bits per heavy atom. The third-order valence-corrected chi connectivity index (χ3v) is 7.82. The van der Waals surface area contributed by atoms with Gasteiger partial charge in [0.05, 0.1) is 29.5 Å². The lowest BCUT2D eigenvalue weighted by atomic mass is 10.1. The van der Waals surface area contributed by atoms with E-state index in [2.05, 4.69) is 10.2 Å². The molecule has 218 valence electrons. The van der Waals surface area contributed by atoms with E-state index < -0.39 is 12.1 Å². The van der Waals surface area contributed by atoms with Gasteiger partial charge in [-0.05, 0) is 18.9 Å². The lowest BCUT2D eigenvalue weighted by Gasteiger charge is -2.26. The molecule has 5 rings (SSSR count). The Bertz CT molecular complexity index is 1410. The van der Waals surface area contributed by atoms with E-state index in [0.29, 0.717) is 48.9 Å². The number of nitrogens with one attached hydrogen (secondary N) is 1. The molecule has 0 saturated carbocycles. The number of carboxylic acid groups (broad SMARTS) is 1. The number of hydrogen-bond donors (Lipinski definition) is 2. The average molecular weight is 586 g/mol. The van der Waals surface area contributed by atoms with Crippen molar-refractivity contribution in [1.82, 2.24) is 14.8 Å². The predicted octanol–water partition coefficient (Wildman–Crippen LogP) is 3.01. The lowest BCUT2D eigenvalue weighted by molar-refractivity contribution is -0.192. The van der Waals surface area contributed by atoms with Crippen LogP contribution in [0.5, 0.6) is 5.75 Å². The largest absolute Gasteiger partial charge is 0.490 e. The Morgan fingerprint density at radius 3 is 2.55 bits per heavy atom. The number of para-hydroxylation sites is 1. The van der Waals surface area contributed by atoms with Gasteiger partial charge in [0.2, 0.25) is 0 Å². The van der Waals surface area contributed by atoms with Gasteiger partial charge in [-0.3, -0.25) is 14.5 Å². The van der Waals surface area contributed by atoms with Crippen LogP contribution < -0.4 is 15.6 Å². The highest BCUT2D eigenvalue weighted by Gasteiger charge is 2.38. The smallest absolute Gasteiger partial charge is 0.490 e. The molecule has 10 nitrogen and oxygen atoms in total.